The summed E-state index contributed by atoms with van der Waals surface area (Å²) in [6, 6.07) is 11.0. The van der Waals surface area contributed by atoms with Gasteiger partial charge in [-0.15, -0.1) is 0 Å². The van der Waals surface area contributed by atoms with Crippen LogP contribution >= 0.6 is 0 Å². The molecule has 0 aromatic heterocycles. The van der Waals surface area contributed by atoms with Crippen molar-refractivity contribution in [3.05, 3.63) is 53.1 Å². The SMILES string of the molecule is Cc1ccc(S(=O)(=O)N2CCC(C(=O)NCc3ccc4c(c3)OCCO4)CC2)c(C)c1. The molecule has 2 aliphatic rings. The van der Waals surface area contributed by atoms with Gasteiger partial charge in [-0.25, -0.2) is 8.42 Å². The van der Waals surface area contributed by atoms with Gasteiger partial charge in [0.25, 0.3) is 0 Å². The standard InChI is InChI=1S/C23H28N2O5S/c1-16-3-6-22(17(2)13-16)31(27,28)25-9-7-19(8-10-25)23(26)24-15-18-4-5-20-21(14-18)30-12-11-29-20/h3-6,13-14,19H,7-12,15H2,1-2H3,(H,24,26). The lowest BCUT2D eigenvalue weighted by Gasteiger charge is -2.31. The number of piperidine rings is 1. The molecular formula is C23H28N2O5S. The van der Waals surface area contributed by atoms with Crippen LogP contribution in [0, 0.1) is 19.8 Å². The molecule has 0 spiro atoms. The molecule has 0 radical (unpaired) electrons. The Morgan fingerprint density at radius 3 is 2.45 bits per heavy atom. The largest absolute Gasteiger partial charge is 0.486 e. The lowest BCUT2D eigenvalue weighted by molar-refractivity contribution is -0.126. The van der Waals surface area contributed by atoms with Crippen molar-refractivity contribution in [2.24, 2.45) is 5.92 Å². The molecule has 0 atom stereocenters. The van der Waals surface area contributed by atoms with Crippen molar-refractivity contribution in [2.75, 3.05) is 26.3 Å². The van der Waals surface area contributed by atoms with Gasteiger partial charge in [0.15, 0.2) is 11.5 Å². The lowest BCUT2D eigenvalue weighted by atomic mass is 9.97. The summed E-state index contributed by atoms with van der Waals surface area (Å²) in [4.78, 5) is 13.0. The normalized spacial score (nSPS) is 17.4. The molecule has 8 heteroatoms. The van der Waals surface area contributed by atoms with Crippen LogP contribution in [0.2, 0.25) is 0 Å². The average Bonchev–Trinajstić information content (AvgIpc) is 2.77. The second-order valence-electron chi connectivity index (χ2n) is 8.14. The topological polar surface area (TPSA) is 84.9 Å². The van der Waals surface area contributed by atoms with Crippen LogP contribution in [-0.2, 0) is 21.4 Å². The number of amides is 1. The average molecular weight is 445 g/mol. The number of benzene rings is 2. The van der Waals surface area contributed by atoms with E-state index in [4.69, 9.17) is 9.47 Å². The molecule has 2 aromatic rings. The first kappa shape index (κ1) is 21.6. The lowest BCUT2D eigenvalue weighted by Crippen LogP contribution is -2.43. The molecule has 0 aliphatic carbocycles. The number of hydrogen-bond acceptors (Lipinski definition) is 5. The molecule has 0 unspecified atom stereocenters. The minimum Gasteiger partial charge on any atom is -0.486 e. The van der Waals surface area contributed by atoms with Crippen LogP contribution in [0.5, 0.6) is 11.5 Å². The minimum absolute atomic E-state index is 0.0431. The van der Waals surface area contributed by atoms with Crippen molar-refractivity contribution in [1.82, 2.24) is 9.62 Å². The van der Waals surface area contributed by atoms with Crippen LogP contribution in [0.4, 0.5) is 0 Å². The number of carbonyl (C=O) groups is 1. The molecule has 7 nitrogen and oxygen atoms in total. The van der Waals surface area contributed by atoms with Gasteiger partial charge in [-0.2, -0.15) is 4.31 Å². The molecule has 1 amide bonds. The van der Waals surface area contributed by atoms with Crippen molar-refractivity contribution < 1.29 is 22.7 Å². The quantitative estimate of drug-likeness (QED) is 0.767. The van der Waals surface area contributed by atoms with Gasteiger partial charge in [0.2, 0.25) is 15.9 Å². The number of aryl methyl sites for hydroxylation is 2. The first-order chi connectivity index (χ1) is 14.8. The number of hydrogen-bond donors (Lipinski definition) is 1. The maximum Gasteiger partial charge on any atom is 0.243 e. The van der Waals surface area contributed by atoms with E-state index in [1.165, 1.54) is 4.31 Å². The van der Waals surface area contributed by atoms with Crippen molar-refractivity contribution in [3.63, 3.8) is 0 Å². The summed E-state index contributed by atoms with van der Waals surface area (Å²) in [5, 5.41) is 2.97. The van der Waals surface area contributed by atoms with E-state index in [-0.39, 0.29) is 11.8 Å². The summed E-state index contributed by atoms with van der Waals surface area (Å²) >= 11 is 0. The third-order valence-electron chi connectivity index (χ3n) is 5.85. The molecule has 2 aliphatic heterocycles. The molecule has 0 bridgehead atoms. The number of nitrogens with one attached hydrogen (secondary N) is 1. The predicted octanol–water partition coefficient (Wildman–Crippen LogP) is 2.79. The van der Waals surface area contributed by atoms with E-state index in [2.05, 4.69) is 5.32 Å². The molecule has 0 saturated carbocycles. The van der Waals surface area contributed by atoms with E-state index in [1.807, 2.05) is 44.2 Å². The third-order valence-corrected chi connectivity index (χ3v) is 7.91. The van der Waals surface area contributed by atoms with Gasteiger partial charge in [0.05, 0.1) is 4.90 Å². The zero-order valence-corrected chi connectivity index (χ0v) is 18.7. The van der Waals surface area contributed by atoms with Gasteiger partial charge in [-0.05, 0) is 56.0 Å². The summed E-state index contributed by atoms with van der Waals surface area (Å²) < 4.78 is 38.6. The van der Waals surface area contributed by atoms with Crippen molar-refractivity contribution in [3.8, 4) is 11.5 Å². The molecule has 2 heterocycles. The second-order valence-corrected chi connectivity index (χ2v) is 10.0. The summed E-state index contributed by atoms with van der Waals surface area (Å²) in [6.45, 7) is 5.91. The molecule has 1 N–H and O–H groups in total. The zero-order chi connectivity index (χ0) is 22.0. The van der Waals surface area contributed by atoms with Gasteiger partial charge in [0, 0.05) is 25.6 Å². The summed E-state index contributed by atoms with van der Waals surface area (Å²) in [7, 11) is -3.55. The molecule has 2 aromatic carbocycles. The van der Waals surface area contributed by atoms with Crippen LogP contribution < -0.4 is 14.8 Å². The molecule has 1 saturated heterocycles. The maximum absolute atomic E-state index is 13.0. The Morgan fingerprint density at radius 1 is 1.03 bits per heavy atom. The highest BCUT2D eigenvalue weighted by atomic mass is 32.2. The fourth-order valence-electron chi connectivity index (χ4n) is 4.12. The summed E-state index contributed by atoms with van der Waals surface area (Å²) in [5.74, 6) is 1.18. The second kappa shape index (κ2) is 8.88. The predicted molar refractivity (Wildman–Crippen MR) is 117 cm³/mol. The van der Waals surface area contributed by atoms with Crippen LogP contribution in [0.15, 0.2) is 41.3 Å². The Balaban J connectivity index is 1.32. The Hall–Kier alpha value is -2.58. The summed E-state index contributed by atoms with van der Waals surface area (Å²) in [5.41, 5.74) is 2.72. The van der Waals surface area contributed by atoms with Gasteiger partial charge >= 0.3 is 0 Å². The van der Waals surface area contributed by atoms with E-state index in [0.717, 1.165) is 22.4 Å². The molecule has 1 fully saturated rings. The van der Waals surface area contributed by atoms with Gasteiger partial charge in [0.1, 0.15) is 13.2 Å². The third kappa shape index (κ3) is 4.70. The van der Waals surface area contributed by atoms with Crippen molar-refractivity contribution >= 4 is 15.9 Å². The Kier molecular flexibility index (Phi) is 6.20. The number of sulfonamides is 1. The van der Waals surface area contributed by atoms with Crippen LogP contribution in [0.1, 0.15) is 29.5 Å². The monoisotopic (exact) mass is 444 g/mol. The highest BCUT2D eigenvalue weighted by Gasteiger charge is 2.32. The molecule has 31 heavy (non-hydrogen) atoms. The van der Waals surface area contributed by atoms with Crippen molar-refractivity contribution in [1.29, 1.82) is 0 Å². The Morgan fingerprint density at radius 2 is 1.74 bits per heavy atom. The maximum atomic E-state index is 13.0. The highest BCUT2D eigenvalue weighted by molar-refractivity contribution is 7.89. The van der Waals surface area contributed by atoms with E-state index in [1.54, 1.807) is 6.07 Å². The number of fused-ring (bicyclic) bond motifs is 1. The van der Waals surface area contributed by atoms with Crippen LogP contribution in [0.3, 0.4) is 0 Å². The Bertz CT molecular complexity index is 1080. The van der Waals surface area contributed by atoms with Gasteiger partial charge in [-0.3, -0.25) is 4.79 Å². The molecule has 166 valence electrons. The fraction of sp³-hybridized carbons (Fsp3) is 0.435. The summed E-state index contributed by atoms with van der Waals surface area (Å²) in [6.07, 6.45) is 1.02. The van der Waals surface area contributed by atoms with Crippen LogP contribution in [-0.4, -0.2) is 44.9 Å². The van der Waals surface area contributed by atoms with E-state index in [9.17, 15) is 13.2 Å². The number of nitrogens with zero attached hydrogens (tertiary/aromatic N) is 1. The van der Waals surface area contributed by atoms with Crippen LogP contribution in [0.25, 0.3) is 0 Å². The number of rotatable bonds is 5. The Labute approximate surface area is 183 Å². The van der Waals surface area contributed by atoms with Crippen molar-refractivity contribution in [2.45, 2.75) is 38.1 Å². The highest BCUT2D eigenvalue weighted by Crippen LogP contribution is 2.31. The van der Waals surface area contributed by atoms with Gasteiger partial charge < -0.3 is 14.8 Å². The number of carbonyl (C=O) groups excluding carboxylic acids is 1. The fourth-order valence-corrected chi connectivity index (χ4v) is 5.79. The molecule has 4 rings (SSSR count). The first-order valence-electron chi connectivity index (χ1n) is 10.6. The van der Waals surface area contributed by atoms with E-state index in [0.29, 0.717) is 56.3 Å². The van der Waals surface area contributed by atoms with E-state index < -0.39 is 10.0 Å². The first-order valence-corrected chi connectivity index (χ1v) is 12.0. The molecular weight excluding hydrogens is 416 g/mol. The minimum atomic E-state index is -3.55. The smallest absolute Gasteiger partial charge is 0.243 e. The number of ether oxygens (including phenoxy) is 2. The zero-order valence-electron chi connectivity index (χ0n) is 17.9. The van der Waals surface area contributed by atoms with Gasteiger partial charge in [-0.1, -0.05) is 23.8 Å². The van der Waals surface area contributed by atoms with E-state index >= 15 is 0 Å².